The van der Waals surface area contributed by atoms with Gasteiger partial charge < -0.3 is 10.6 Å². The van der Waals surface area contributed by atoms with Crippen LogP contribution in [0, 0.1) is 0 Å². The maximum absolute atomic E-state index is 12.0. The van der Waals surface area contributed by atoms with Gasteiger partial charge in [0.25, 0.3) is 0 Å². The van der Waals surface area contributed by atoms with E-state index < -0.39 is 15.4 Å². The van der Waals surface area contributed by atoms with Crippen molar-refractivity contribution in [2.45, 2.75) is 31.3 Å². The summed E-state index contributed by atoms with van der Waals surface area (Å²) in [6.45, 7) is 4.04. The Labute approximate surface area is 114 Å². The lowest BCUT2D eigenvalue weighted by atomic mass is 10.0. The highest BCUT2D eigenvalue weighted by molar-refractivity contribution is 7.91. The van der Waals surface area contributed by atoms with E-state index in [1.165, 1.54) is 0 Å². The summed E-state index contributed by atoms with van der Waals surface area (Å²) in [7, 11) is -1.05. The van der Waals surface area contributed by atoms with Crippen molar-refractivity contribution in [1.82, 2.24) is 15.5 Å². The third-order valence-corrected chi connectivity index (χ3v) is 5.90. The van der Waals surface area contributed by atoms with Crippen LogP contribution in [0.1, 0.15) is 19.8 Å². The monoisotopic (exact) mass is 289 g/mol. The van der Waals surface area contributed by atoms with Gasteiger partial charge in [0.2, 0.25) is 5.91 Å². The van der Waals surface area contributed by atoms with Crippen LogP contribution in [0.2, 0.25) is 0 Å². The molecule has 2 rings (SSSR count). The van der Waals surface area contributed by atoms with Gasteiger partial charge in [-0.25, -0.2) is 8.42 Å². The van der Waals surface area contributed by atoms with Crippen molar-refractivity contribution in [3.8, 4) is 0 Å². The molecule has 0 radical (unpaired) electrons. The Balaban J connectivity index is 1.84. The Bertz CT molecular complexity index is 445. The summed E-state index contributed by atoms with van der Waals surface area (Å²) in [4.78, 5) is 14.0. The average molecular weight is 289 g/mol. The fourth-order valence-electron chi connectivity index (χ4n) is 2.86. The maximum atomic E-state index is 12.0. The lowest BCUT2D eigenvalue weighted by Gasteiger charge is -2.27. The molecular weight excluding hydrogens is 266 g/mol. The number of nitrogens with zero attached hydrogens (tertiary/aromatic N) is 1. The third kappa shape index (κ3) is 3.90. The van der Waals surface area contributed by atoms with E-state index in [4.69, 9.17) is 0 Å². The van der Waals surface area contributed by atoms with Crippen molar-refractivity contribution in [2.24, 2.45) is 0 Å². The van der Waals surface area contributed by atoms with Gasteiger partial charge in [0, 0.05) is 12.6 Å². The van der Waals surface area contributed by atoms with E-state index in [0.29, 0.717) is 19.0 Å². The van der Waals surface area contributed by atoms with Crippen LogP contribution in [0.15, 0.2) is 0 Å². The summed E-state index contributed by atoms with van der Waals surface area (Å²) >= 11 is 0. The van der Waals surface area contributed by atoms with Gasteiger partial charge in [-0.05, 0) is 33.4 Å². The standard InChI is InChI=1S/C12H23N3O3S/c1-12(4-6-19(17,18)9-12)14-11(16)8-15(2)10-3-5-13-7-10/h10,13H,3-9H2,1-2H3,(H,14,16). The molecule has 0 aromatic heterocycles. The second-order valence-corrected chi connectivity index (χ2v) is 8.20. The highest BCUT2D eigenvalue weighted by atomic mass is 32.2. The number of likely N-dealkylation sites (N-methyl/N-ethyl adjacent to an activating group) is 1. The van der Waals surface area contributed by atoms with Gasteiger partial charge in [-0.2, -0.15) is 0 Å². The highest BCUT2D eigenvalue weighted by Crippen LogP contribution is 2.22. The fourth-order valence-corrected chi connectivity index (χ4v) is 4.95. The molecule has 2 heterocycles. The number of hydrogen-bond acceptors (Lipinski definition) is 5. The van der Waals surface area contributed by atoms with Gasteiger partial charge >= 0.3 is 0 Å². The minimum atomic E-state index is -2.98. The minimum Gasteiger partial charge on any atom is -0.349 e. The van der Waals surface area contributed by atoms with E-state index in [0.717, 1.165) is 19.5 Å². The first-order chi connectivity index (χ1) is 8.80. The van der Waals surface area contributed by atoms with E-state index in [-0.39, 0.29) is 17.4 Å². The fraction of sp³-hybridized carbons (Fsp3) is 0.917. The predicted molar refractivity (Wildman–Crippen MR) is 73.7 cm³/mol. The smallest absolute Gasteiger partial charge is 0.234 e. The normalized spacial score (nSPS) is 33.7. The molecule has 2 saturated heterocycles. The Morgan fingerprint density at radius 1 is 1.53 bits per heavy atom. The molecule has 7 heteroatoms. The highest BCUT2D eigenvalue weighted by Gasteiger charge is 2.39. The number of nitrogens with one attached hydrogen (secondary N) is 2. The Morgan fingerprint density at radius 3 is 2.79 bits per heavy atom. The molecule has 0 saturated carbocycles. The number of sulfone groups is 1. The number of carbonyl (C=O) groups excluding carboxylic acids is 1. The molecule has 6 nitrogen and oxygen atoms in total. The van der Waals surface area contributed by atoms with Crippen LogP contribution in [0.25, 0.3) is 0 Å². The van der Waals surface area contributed by atoms with Crippen molar-refractivity contribution in [3.05, 3.63) is 0 Å². The molecule has 2 atom stereocenters. The second-order valence-electron chi connectivity index (χ2n) is 6.01. The van der Waals surface area contributed by atoms with Crippen LogP contribution in [0.5, 0.6) is 0 Å². The van der Waals surface area contributed by atoms with E-state index in [2.05, 4.69) is 10.6 Å². The van der Waals surface area contributed by atoms with Crippen molar-refractivity contribution < 1.29 is 13.2 Å². The van der Waals surface area contributed by atoms with Crippen LogP contribution in [-0.2, 0) is 14.6 Å². The second kappa shape index (κ2) is 5.38. The van der Waals surface area contributed by atoms with Gasteiger partial charge in [-0.15, -0.1) is 0 Å². The summed E-state index contributed by atoms with van der Waals surface area (Å²) in [5.41, 5.74) is -0.593. The van der Waals surface area contributed by atoms with Crippen LogP contribution in [0.3, 0.4) is 0 Å². The number of amides is 1. The maximum Gasteiger partial charge on any atom is 0.234 e. The molecule has 2 aliphatic rings. The first-order valence-corrected chi connectivity index (χ1v) is 8.54. The Kier molecular flexibility index (Phi) is 4.17. The molecule has 0 bridgehead atoms. The summed E-state index contributed by atoms with van der Waals surface area (Å²) in [5, 5.41) is 6.15. The van der Waals surface area contributed by atoms with E-state index in [9.17, 15) is 13.2 Å². The lowest BCUT2D eigenvalue weighted by Crippen LogP contribution is -2.51. The number of rotatable bonds is 4. The Hall–Kier alpha value is -0.660. The van der Waals surface area contributed by atoms with Gasteiger partial charge in [0.15, 0.2) is 9.84 Å². The zero-order valence-corrected chi connectivity index (χ0v) is 12.4. The third-order valence-electron chi connectivity index (χ3n) is 4.00. The summed E-state index contributed by atoms with van der Waals surface area (Å²) in [6.07, 6.45) is 1.56. The van der Waals surface area contributed by atoms with Gasteiger partial charge in [-0.1, -0.05) is 0 Å². The summed E-state index contributed by atoms with van der Waals surface area (Å²) in [5.74, 6) is 0.140. The molecule has 1 amide bonds. The molecule has 2 N–H and O–H groups in total. The molecule has 2 fully saturated rings. The molecule has 110 valence electrons. The minimum absolute atomic E-state index is 0.0560. The van der Waals surface area contributed by atoms with Crippen molar-refractivity contribution in [1.29, 1.82) is 0 Å². The van der Waals surface area contributed by atoms with E-state index in [1.54, 1.807) is 0 Å². The van der Waals surface area contributed by atoms with Crippen LogP contribution in [0.4, 0.5) is 0 Å². The molecular formula is C12H23N3O3S. The molecule has 2 aliphatic heterocycles. The summed E-state index contributed by atoms with van der Waals surface area (Å²) < 4.78 is 23.0. The molecule has 0 aliphatic carbocycles. The SMILES string of the molecule is CN(CC(=O)NC1(C)CCS(=O)(=O)C1)C1CCNC1. The quantitative estimate of drug-likeness (QED) is 0.692. The number of carbonyl (C=O) groups is 1. The molecule has 0 aromatic carbocycles. The summed E-state index contributed by atoms with van der Waals surface area (Å²) in [6, 6.07) is 0.394. The van der Waals surface area contributed by atoms with Crippen molar-refractivity contribution in [3.63, 3.8) is 0 Å². The molecule has 2 unspecified atom stereocenters. The van der Waals surface area contributed by atoms with E-state index in [1.807, 2.05) is 18.9 Å². The van der Waals surface area contributed by atoms with E-state index >= 15 is 0 Å². The first-order valence-electron chi connectivity index (χ1n) is 6.72. The lowest BCUT2D eigenvalue weighted by molar-refractivity contribution is -0.123. The van der Waals surface area contributed by atoms with Gasteiger partial charge in [0.1, 0.15) is 0 Å². The Morgan fingerprint density at radius 2 is 2.26 bits per heavy atom. The zero-order chi connectivity index (χ0) is 14.1. The molecule has 0 aromatic rings. The average Bonchev–Trinajstić information content (AvgIpc) is 2.86. The largest absolute Gasteiger partial charge is 0.349 e. The first kappa shape index (κ1) is 14.7. The molecule has 19 heavy (non-hydrogen) atoms. The predicted octanol–water partition coefficient (Wildman–Crippen LogP) is -1.03. The van der Waals surface area contributed by atoms with Gasteiger partial charge in [-0.3, -0.25) is 9.69 Å². The zero-order valence-electron chi connectivity index (χ0n) is 11.6. The number of hydrogen-bond donors (Lipinski definition) is 2. The molecule has 0 spiro atoms. The van der Waals surface area contributed by atoms with Crippen LogP contribution >= 0.6 is 0 Å². The van der Waals surface area contributed by atoms with Crippen LogP contribution < -0.4 is 10.6 Å². The van der Waals surface area contributed by atoms with Crippen molar-refractivity contribution in [2.75, 3.05) is 38.2 Å². The van der Waals surface area contributed by atoms with Gasteiger partial charge in [0.05, 0.1) is 23.6 Å². The van der Waals surface area contributed by atoms with Crippen molar-refractivity contribution >= 4 is 15.7 Å². The van der Waals surface area contributed by atoms with Crippen LogP contribution in [-0.4, -0.2) is 69.0 Å². The topological polar surface area (TPSA) is 78.5 Å².